The van der Waals surface area contributed by atoms with E-state index in [2.05, 4.69) is 25.0 Å². The van der Waals surface area contributed by atoms with Crippen molar-refractivity contribution in [1.82, 2.24) is 0 Å². The molecule has 0 saturated heterocycles. The van der Waals surface area contributed by atoms with E-state index >= 15 is 0 Å². The van der Waals surface area contributed by atoms with Gasteiger partial charge in [-0.05, 0) is 32.1 Å². The van der Waals surface area contributed by atoms with Crippen LogP contribution in [-0.2, 0) is 4.79 Å². The minimum absolute atomic E-state index is 0.452. The van der Waals surface area contributed by atoms with Gasteiger partial charge >= 0.3 is 5.97 Å². The summed E-state index contributed by atoms with van der Waals surface area (Å²) in [6.07, 6.45) is 20.4. The van der Waals surface area contributed by atoms with Crippen molar-refractivity contribution in [2.45, 2.75) is 83.7 Å². The lowest BCUT2D eigenvalue weighted by Crippen LogP contribution is -2.26. The van der Waals surface area contributed by atoms with Crippen molar-refractivity contribution in [2.75, 3.05) is 0 Å². The van der Waals surface area contributed by atoms with Gasteiger partial charge in [0.2, 0.25) is 0 Å². The Morgan fingerprint density at radius 2 is 1.59 bits per heavy atom. The minimum atomic E-state index is -1.17. The van der Waals surface area contributed by atoms with Crippen molar-refractivity contribution in [3.05, 3.63) is 12.2 Å². The van der Waals surface area contributed by atoms with Crippen LogP contribution >= 0.6 is 0 Å². The summed E-state index contributed by atoms with van der Waals surface area (Å²) >= 11 is 0. The number of aliphatic hydroxyl groups excluding tert-OH is 1. The summed E-state index contributed by atoms with van der Waals surface area (Å²) in [6.45, 7) is 2.22. The van der Waals surface area contributed by atoms with E-state index in [9.17, 15) is 9.90 Å². The molecule has 3 nitrogen and oxygen atoms in total. The van der Waals surface area contributed by atoms with E-state index in [1.165, 1.54) is 32.1 Å². The van der Waals surface area contributed by atoms with Gasteiger partial charge in [0.05, 0.1) is 5.92 Å². The Hall–Kier alpha value is -1.27. The molecule has 0 bridgehead atoms. The van der Waals surface area contributed by atoms with Crippen molar-refractivity contribution >= 4 is 5.97 Å². The number of terminal acetylenes is 1. The van der Waals surface area contributed by atoms with Gasteiger partial charge in [-0.2, -0.15) is 0 Å². The number of unbranched alkanes of at least 4 members (excludes halogenated alkanes) is 8. The summed E-state index contributed by atoms with van der Waals surface area (Å²) < 4.78 is 0. The monoisotopic (exact) mass is 308 g/mol. The van der Waals surface area contributed by atoms with Crippen LogP contribution in [0.15, 0.2) is 12.2 Å². The number of hydrogen-bond donors (Lipinski definition) is 2. The van der Waals surface area contributed by atoms with E-state index in [1.54, 1.807) is 0 Å². The van der Waals surface area contributed by atoms with Gasteiger partial charge in [0, 0.05) is 0 Å². The summed E-state index contributed by atoms with van der Waals surface area (Å²) in [6, 6.07) is 0. The molecule has 0 aromatic carbocycles. The van der Waals surface area contributed by atoms with Crippen molar-refractivity contribution in [2.24, 2.45) is 5.92 Å². The Morgan fingerprint density at radius 1 is 1.05 bits per heavy atom. The van der Waals surface area contributed by atoms with Crippen LogP contribution in [-0.4, -0.2) is 22.3 Å². The van der Waals surface area contributed by atoms with Crippen molar-refractivity contribution in [1.29, 1.82) is 0 Å². The Morgan fingerprint density at radius 3 is 2.09 bits per heavy atom. The van der Waals surface area contributed by atoms with Crippen LogP contribution < -0.4 is 0 Å². The standard InChI is InChI=1S/C19H32O3/c1-3-5-6-7-8-9-10-11-12-13-14-15-16-17(19(21)22)18(20)4-2/h2,9-10,17-18,20H,3,5-8,11-16H2,1H3,(H,21,22)/b10-9-/t17-,18-/m0/s1. The van der Waals surface area contributed by atoms with E-state index in [0.29, 0.717) is 6.42 Å². The third-order valence-electron chi connectivity index (χ3n) is 3.90. The van der Waals surface area contributed by atoms with E-state index in [-0.39, 0.29) is 0 Å². The number of carbonyl (C=O) groups is 1. The highest BCUT2D eigenvalue weighted by Crippen LogP contribution is 2.15. The Labute approximate surface area is 135 Å². The fourth-order valence-electron chi connectivity index (χ4n) is 2.44. The van der Waals surface area contributed by atoms with E-state index < -0.39 is 18.0 Å². The van der Waals surface area contributed by atoms with Crippen LogP contribution in [0.2, 0.25) is 0 Å². The first-order valence-corrected chi connectivity index (χ1v) is 8.65. The van der Waals surface area contributed by atoms with E-state index in [1.807, 2.05) is 0 Å². The predicted molar refractivity (Wildman–Crippen MR) is 91.6 cm³/mol. The average Bonchev–Trinajstić information content (AvgIpc) is 2.51. The van der Waals surface area contributed by atoms with Crippen molar-refractivity contribution in [3.63, 3.8) is 0 Å². The smallest absolute Gasteiger partial charge is 0.310 e. The Bertz CT molecular complexity index is 341. The number of hydrogen-bond acceptors (Lipinski definition) is 2. The molecule has 0 spiro atoms. The zero-order valence-electron chi connectivity index (χ0n) is 14.0. The first-order chi connectivity index (χ1) is 10.6. The first kappa shape index (κ1) is 20.7. The van der Waals surface area contributed by atoms with Crippen LogP contribution in [0.25, 0.3) is 0 Å². The third kappa shape index (κ3) is 11.4. The molecule has 22 heavy (non-hydrogen) atoms. The quantitative estimate of drug-likeness (QED) is 0.281. The van der Waals surface area contributed by atoms with Gasteiger partial charge in [-0.3, -0.25) is 4.79 Å². The summed E-state index contributed by atoms with van der Waals surface area (Å²) in [7, 11) is 0. The molecule has 3 heteroatoms. The first-order valence-electron chi connectivity index (χ1n) is 8.65. The second-order valence-electron chi connectivity index (χ2n) is 5.87. The molecule has 0 heterocycles. The molecule has 126 valence electrons. The van der Waals surface area contributed by atoms with Gasteiger partial charge in [0.15, 0.2) is 0 Å². The second-order valence-corrected chi connectivity index (χ2v) is 5.87. The second kappa shape index (κ2) is 14.7. The number of aliphatic carboxylic acids is 1. The molecule has 0 amide bonds. The number of carboxylic acids is 1. The lowest BCUT2D eigenvalue weighted by molar-refractivity contribution is -0.144. The molecule has 0 aromatic rings. The molecule has 0 fully saturated rings. The lowest BCUT2D eigenvalue weighted by atomic mass is 9.95. The Balaban J connectivity index is 3.51. The molecule has 0 radical (unpaired) electrons. The number of carboxylic acid groups (broad SMARTS) is 1. The number of aliphatic hydroxyl groups is 1. The number of rotatable bonds is 14. The highest BCUT2D eigenvalue weighted by atomic mass is 16.4. The largest absolute Gasteiger partial charge is 0.481 e. The average molecular weight is 308 g/mol. The highest BCUT2D eigenvalue weighted by molar-refractivity contribution is 5.71. The molecule has 0 saturated carbocycles. The zero-order valence-corrected chi connectivity index (χ0v) is 14.0. The molecular weight excluding hydrogens is 276 g/mol. The molecule has 0 rings (SSSR count). The van der Waals surface area contributed by atoms with Crippen molar-refractivity contribution in [3.8, 4) is 12.3 Å². The van der Waals surface area contributed by atoms with Gasteiger partial charge < -0.3 is 10.2 Å². The molecule has 0 aliphatic carbocycles. The van der Waals surface area contributed by atoms with Crippen LogP contribution in [0, 0.1) is 18.3 Å². The summed E-state index contributed by atoms with van der Waals surface area (Å²) in [5.74, 6) is 0.276. The minimum Gasteiger partial charge on any atom is -0.481 e. The summed E-state index contributed by atoms with van der Waals surface area (Å²) in [5, 5.41) is 18.4. The van der Waals surface area contributed by atoms with Crippen LogP contribution in [0.1, 0.15) is 77.6 Å². The van der Waals surface area contributed by atoms with Gasteiger partial charge in [-0.25, -0.2) is 0 Å². The molecular formula is C19H32O3. The van der Waals surface area contributed by atoms with Crippen LogP contribution in [0.4, 0.5) is 0 Å². The summed E-state index contributed by atoms with van der Waals surface area (Å²) in [5.41, 5.74) is 0. The third-order valence-corrected chi connectivity index (χ3v) is 3.90. The van der Waals surface area contributed by atoms with Gasteiger partial charge in [-0.15, -0.1) is 6.42 Å². The SMILES string of the molecule is C#C[C@H](O)[C@H](CCCCCC/C=C\CCCCCC)C(=O)O. The normalized spacial score (nSPS) is 13.9. The van der Waals surface area contributed by atoms with Gasteiger partial charge in [-0.1, -0.05) is 63.5 Å². The molecule has 0 aliphatic rings. The maximum absolute atomic E-state index is 11.0. The fourth-order valence-corrected chi connectivity index (χ4v) is 2.44. The lowest BCUT2D eigenvalue weighted by Gasteiger charge is -2.13. The fraction of sp³-hybridized carbons (Fsp3) is 0.737. The van der Waals surface area contributed by atoms with Crippen LogP contribution in [0.5, 0.6) is 0 Å². The van der Waals surface area contributed by atoms with E-state index in [4.69, 9.17) is 11.5 Å². The topological polar surface area (TPSA) is 57.5 Å². The molecule has 0 unspecified atom stereocenters. The van der Waals surface area contributed by atoms with Gasteiger partial charge in [0.25, 0.3) is 0 Å². The molecule has 0 aliphatic heterocycles. The van der Waals surface area contributed by atoms with E-state index in [0.717, 1.165) is 32.1 Å². The molecule has 0 aromatic heterocycles. The van der Waals surface area contributed by atoms with Crippen molar-refractivity contribution < 1.29 is 15.0 Å². The number of allylic oxidation sites excluding steroid dienone is 2. The maximum atomic E-state index is 11.0. The maximum Gasteiger partial charge on any atom is 0.310 e. The van der Waals surface area contributed by atoms with Crippen LogP contribution in [0.3, 0.4) is 0 Å². The van der Waals surface area contributed by atoms with Gasteiger partial charge in [0.1, 0.15) is 6.10 Å². The molecule has 2 N–H and O–H groups in total. The summed E-state index contributed by atoms with van der Waals surface area (Å²) in [4.78, 5) is 11.0. The predicted octanol–water partition coefficient (Wildman–Crippen LogP) is 4.55. The zero-order chi connectivity index (χ0) is 16.6. The highest BCUT2D eigenvalue weighted by Gasteiger charge is 2.23. The Kier molecular flexibility index (Phi) is 13.8. The molecule has 2 atom stereocenters.